The van der Waals surface area contributed by atoms with Crippen LogP contribution < -0.4 is 5.32 Å². The van der Waals surface area contributed by atoms with Gasteiger partial charge in [-0.05, 0) is 23.0 Å². The lowest BCUT2D eigenvalue weighted by molar-refractivity contribution is -0.0117. The first kappa shape index (κ1) is 11.8. The van der Waals surface area contributed by atoms with E-state index in [4.69, 9.17) is 4.74 Å². The first-order valence-corrected chi connectivity index (χ1v) is 6.05. The van der Waals surface area contributed by atoms with Crippen molar-refractivity contribution in [1.82, 2.24) is 14.9 Å². The second kappa shape index (κ2) is 5.56. The summed E-state index contributed by atoms with van der Waals surface area (Å²) in [6, 6.07) is 1.85. The van der Waals surface area contributed by atoms with Crippen LogP contribution in [0.15, 0.2) is 17.0 Å². The molecule has 0 saturated carbocycles. The van der Waals surface area contributed by atoms with Crippen LogP contribution in [0, 0.1) is 0 Å². The van der Waals surface area contributed by atoms with Gasteiger partial charge < -0.3 is 15.0 Å². The van der Waals surface area contributed by atoms with Crippen molar-refractivity contribution in [2.24, 2.45) is 0 Å². The molecule has 1 aromatic heterocycles. The fourth-order valence-electron chi connectivity index (χ4n) is 1.64. The largest absolute Gasteiger partial charge is 0.374 e. The lowest BCUT2D eigenvalue weighted by Gasteiger charge is -2.30. The highest BCUT2D eigenvalue weighted by Gasteiger charge is 2.17. The van der Waals surface area contributed by atoms with Crippen LogP contribution in [0.1, 0.15) is 0 Å². The lowest BCUT2D eigenvalue weighted by Crippen LogP contribution is -2.43. The smallest absolute Gasteiger partial charge is 0.130 e. The van der Waals surface area contributed by atoms with Gasteiger partial charge in [-0.2, -0.15) is 0 Å². The number of aromatic nitrogens is 2. The van der Waals surface area contributed by atoms with Crippen molar-refractivity contribution < 1.29 is 4.74 Å². The maximum Gasteiger partial charge on any atom is 0.130 e. The molecular formula is C10H15BrN4O. The molecule has 5 nitrogen and oxygen atoms in total. The van der Waals surface area contributed by atoms with Crippen LogP contribution in [0.2, 0.25) is 0 Å². The van der Waals surface area contributed by atoms with Gasteiger partial charge in [0.25, 0.3) is 0 Å². The van der Waals surface area contributed by atoms with Crippen molar-refractivity contribution in [3.8, 4) is 0 Å². The minimum Gasteiger partial charge on any atom is -0.374 e. The number of ether oxygens (including phenoxy) is 1. The van der Waals surface area contributed by atoms with Crippen LogP contribution in [-0.2, 0) is 4.74 Å². The molecule has 1 aromatic rings. The van der Waals surface area contributed by atoms with E-state index < -0.39 is 0 Å². The molecule has 1 atom stereocenters. The van der Waals surface area contributed by atoms with Crippen molar-refractivity contribution in [1.29, 1.82) is 0 Å². The zero-order valence-corrected chi connectivity index (χ0v) is 10.8. The summed E-state index contributed by atoms with van der Waals surface area (Å²) in [4.78, 5) is 10.4. The molecule has 0 aliphatic carbocycles. The molecule has 1 saturated heterocycles. The van der Waals surface area contributed by atoms with Crippen LogP contribution in [0.4, 0.5) is 5.82 Å². The summed E-state index contributed by atoms with van der Waals surface area (Å²) in [5, 5.41) is 3.24. The number of halogens is 1. The third-order valence-corrected chi connectivity index (χ3v) is 2.92. The van der Waals surface area contributed by atoms with Crippen LogP contribution >= 0.6 is 15.9 Å². The minimum absolute atomic E-state index is 0.229. The number of hydrogen-bond donors (Lipinski definition) is 1. The SMILES string of the molecule is CN1CCOC(CNc2cc(Br)ncn2)C1. The normalized spacial score (nSPS) is 22.0. The van der Waals surface area contributed by atoms with Gasteiger partial charge in [0, 0.05) is 25.7 Å². The van der Waals surface area contributed by atoms with E-state index in [0.717, 1.165) is 36.7 Å². The van der Waals surface area contributed by atoms with Crippen LogP contribution in [0.5, 0.6) is 0 Å². The Labute approximate surface area is 103 Å². The number of morpholine rings is 1. The van der Waals surface area contributed by atoms with E-state index in [1.54, 1.807) is 0 Å². The quantitative estimate of drug-likeness (QED) is 0.840. The standard InChI is InChI=1S/C10H15BrN4O/c1-15-2-3-16-8(6-15)5-12-10-4-9(11)13-7-14-10/h4,7-8H,2-3,5-6H2,1H3,(H,12,13,14). The Balaban J connectivity index is 1.82. The lowest BCUT2D eigenvalue weighted by atomic mass is 10.3. The Morgan fingerprint density at radius 2 is 2.50 bits per heavy atom. The second-order valence-corrected chi connectivity index (χ2v) is 4.67. The molecule has 0 spiro atoms. The van der Waals surface area contributed by atoms with Gasteiger partial charge in [-0.1, -0.05) is 0 Å². The predicted molar refractivity (Wildman–Crippen MR) is 65.5 cm³/mol. The highest BCUT2D eigenvalue weighted by molar-refractivity contribution is 9.10. The number of anilines is 1. The Bertz CT molecular complexity index is 349. The molecule has 0 amide bonds. The minimum atomic E-state index is 0.229. The maximum absolute atomic E-state index is 5.64. The summed E-state index contributed by atoms with van der Waals surface area (Å²) in [5.41, 5.74) is 0. The van der Waals surface area contributed by atoms with Crippen molar-refractivity contribution in [3.63, 3.8) is 0 Å². The molecule has 2 rings (SSSR count). The number of hydrogen-bond acceptors (Lipinski definition) is 5. The van der Waals surface area contributed by atoms with Crippen molar-refractivity contribution in [3.05, 3.63) is 17.0 Å². The van der Waals surface area contributed by atoms with Crippen molar-refractivity contribution >= 4 is 21.7 Å². The molecule has 1 N–H and O–H groups in total. The van der Waals surface area contributed by atoms with Gasteiger partial charge in [-0.25, -0.2) is 9.97 Å². The predicted octanol–water partition coefficient (Wildman–Crippen LogP) is 0.982. The number of likely N-dealkylation sites (N-methyl/N-ethyl adjacent to an activating group) is 1. The first-order chi connectivity index (χ1) is 7.74. The summed E-state index contributed by atoms with van der Waals surface area (Å²) >= 11 is 3.31. The third-order valence-electron chi connectivity index (χ3n) is 2.49. The molecule has 1 aliphatic heterocycles. The molecular weight excluding hydrogens is 272 g/mol. The summed E-state index contributed by atoms with van der Waals surface area (Å²) < 4.78 is 6.42. The third kappa shape index (κ3) is 3.40. The highest BCUT2D eigenvalue weighted by Crippen LogP contribution is 2.10. The monoisotopic (exact) mass is 286 g/mol. The summed E-state index contributed by atoms with van der Waals surface area (Å²) in [5.74, 6) is 0.818. The summed E-state index contributed by atoms with van der Waals surface area (Å²) in [7, 11) is 2.11. The van der Waals surface area contributed by atoms with E-state index in [1.165, 1.54) is 6.33 Å². The summed E-state index contributed by atoms with van der Waals surface area (Å²) in [6.07, 6.45) is 1.76. The fraction of sp³-hybridized carbons (Fsp3) is 0.600. The van der Waals surface area contributed by atoms with E-state index in [9.17, 15) is 0 Å². The topological polar surface area (TPSA) is 50.3 Å². The van der Waals surface area contributed by atoms with Gasteiger partial charge in [-0.3, -0.25) is 0 Å². The Morgan fingerprint density at radius 1 is 1.62 bits per heavy atom. The maximum atomic E-state index is 5.64. The second-order valence-electron chi connectivity index (χ2n) is 3.86. The van der Waals surface area contributed by atoms with E-state index in [2.05, 4.69) is 43.2 Å². The average molecular weight is 287 g/mol. The van der Waals surface area contributed by atoms with Crippen LogP contribution in [-0.4, -0.2) is 54.3 Å². The van der Waals surface area contributed by atoms with E-state index >= 15 is 0 Å². The highest BCUT2D eigenvalue weighted by atomic mass is 79.9. The Hall–Kier alpha value is -0.720. The zero-order valence-electron chi connectivity index (χ0n) is 9.19. The van der Waals surface area contributed by atoms with E-state index in [1.807, 2.05) is 6.07 Å². The number of nitrogens with zero attached hydrogens (tertiary/aromatic N) is 3. The molecule has 1 fully saturated rings. The zero-order chi connectivity index (χ0) is 11.4. The van der Waals surface area contributed by atoms with E-state index in [-0.39, 0.29) is 6.10 Å². The van der Waals surface area contributed by atoms with Gasteiger partial charge >= 0.3 is 0 Å². The number of nitrogens with one attached hydrogen (secondary N) is 1. The molecule has 1 aliphatic rings. The van der Waals surface area contributed by atoms with Gasteiger partial charge in [0.1, 0.15) is 16.7 Å². The van der Waals surface area contributed by atoms with Gasteiger partial charge in [0.2, 0.25) is 0 Å². The van der Waals surface area contributed by atoms with Crippen molar-refractivity contribution in [2.75, 3.05) is 38.6 Å². The molecule has 0 radical (unpaired) electrons. The van der Waals surface area contributed by atoms with Crippen molar-refractivity contribution in [2.45, 2.75) is 6.10 Å². The van der Waals surface area contributed by atoms with Gasteiger partial charge in [0.05, 0.1) is 12.7 Å². The summed E-state index contributed by atoms with van der Waals surface area (Å²) in [6.45, 7) is 3.54. The van der Waals surface area contributed by atoms with Crippen LogP contribution in [0.3, 0.4) is 0 Å². The Morgan fingerprint density at radius 3 is 3.25 bits per heavy atom. The molecule has 2 heterocycles. The molecule has 88 valence electrons. The fourth-order valence-corrected chi connectivity index (χ4v) is 1.95. The molecule has 0 bridgehead atoms. The molecule has 1 unspecified atom stereocenters. The Kier molecular flexibility index (Phi) is 4.09. The molecule has 16 heavy (non-hydrogen) atoms. The van der Waals surface area contributed by atoms with E-state index in [0.29, 0.717) is 0 Å². The first-order valence-electron chi connectivity index (χ1n) is 5.25. The number of rotatable bonds is 3. The molecule has 6 heteroatoms. The average Bonchev–Trinajstić information content (AvgIpc) is 2.27. The molecule has 0 aromatic carbocycles. The van der Waals surface area contributed by atoms with Gasteiger partial charge in [-0.15, -0.1) is 0 Å². The van der Waals surface area contributed by atoms with Gasteiger partial charge in [0.15, 0.2) is 0 Å². The van der Waals surface area contributed by atoms with Crippen LogP contribution in [0.25, 0.3) is 0 Å².